The van der Waals surface area contributed by atoms with Crippen LogP contribution in [0.4, 0.5) is 0 Å². The highest BCUT2D eigenvalue weighted by Crippen LogP contribution is 2.15. The Bertz CT molecular complexity index is 219. The number of morpholine rings is 1. The van der Waals surface area contributed by atoms with Gasteiger partial charge in [-0.1, -0.05) is 27.2 Å². The first kappa shape index (κ1) is 12.5. The zero-order valence-corrected chi connectivity index (χ0v) is 9.90. The Balaban J connectivity index is 2.55. The molecule has 1 heterocycles. The molecular weight excluding hydrogens is 192 g/mol. The number of carbonyl (C=O) groups is 1. The molecule has 4 heteroatoms. The molecule has 0 aromatic carbocycles. The Labute approximate surface area is 91.8 Å². The first-order valence-corrected chi connectivity index (χ1v) is 5.74. The summed E-state index contributed by atoms with van der Waals surface area (Å²) in [4.78, 5) is 13.6. The van der Waals surface area contributed by atoms with Crippen molar-refractivity contribution < 1.29 is 9.53 Å². The Hall–Kier alpha value is -0.610. The van der Waals surface area contributed by atoms with Gasteiger partial charge in [-0.15, -0.1) is 0 Å². The third-order valence-corrected chi connectivity index (χ3v) is 2.61. The van der Waals surface area contributed by atoms with E-state index in [0.717, 1.165) is 12.8 Å². The van der Waals surface area contributed by atoms with Crippen molar-refractivity contribution in [3.05, 3.63) is 0 Å². The Morgan fingerprint density at radius 3 is 2.73 bits per heavy atom. The van der Waals surface area contributed by atoms with E-state index in [9.17, 15) is 4.79 Å². The van der Waals surface area contributed by atoms with Crippen LogP contribution in [0.15, 0.2) is 0 Å². The second kappa shape index (κ2) is 5.47. The number of hydrogen-bond acceptors (Lipinski definition) is 3. The predicted molar refractivity (Wildman–Crippen MR) is 59.2 cm³/mol. The lowest BCUT2D eigenvalue weighted by Gasteiger charge is -2.37. The van der Waals surface area contributed by atoms with E-state index in [-0.39, 0.29) is 24.2 Å². The molecule has 1 amide bonds. The van der Waals surface area contributed by atoms with Crippen molar-refractivity contribution in [2.45, 2.75) is 45.9 Å². The van der Waals surface area contributed by atoms with Crippen LogP contribution in [-0.2, 0) is 9.53 Å². The summed E-state index contributed by atoms with van der Waals surface area (Å²) < 4.78 is 5.57. The summed E-state index contributed by atoms with van der Waals surface area (Å²) in [6, 6.07) is 0. The number of nitrogens with two attached hydrogens (primary N) is 1. The lowest BCUT2D eigenvalue weighted by atomic mass is 10.1. The van der Waals surface area contributed by atoms with E-state index < -0.39 is 0 Å². The maximum absolute atomic E-state index is 11.8. The van der Waals surface area contributed by atoms with Gasteiger partial charge in [-0.05, 0) is 6.42 Å². The summed E-state index contributed by atoms with van der Waals surface area (Å²) in [6.45, 7) is 7.16. The highest BCUT2D eigenvalue weighted by molar-refractivity contribution is 5.78. The molecular formula is C11H22N2O2. The number of rotatable bonds is 3. The minimum Gasteiger partial charge on any atom is -0.357 e. The van der Waals surface area contributed by atoms with Gasteiger partial charge in [0.05, 0.1) is 12.6 Å². The Morgan fingerprint density at radius 2 is 2.20 bits per heavy atom. The molecule has 0 radical (unpaired) electrons. The fourth-order valence-corrected chi connectivity index (χ4v) is 1.90. The summed E-state index contributed by atoms with van der Waals surface area (Å²) in [7, 11) is 0. The maximum atomic E-state index is 11.8. The lowest BCUT2D eigenvalue weighted by molar-refractivity contribution is -0.148. The molecule has 2 atom stereocenters. The van der Waals surface area contributed by atoms with Crippen molar-refractivity contribution in [1.29, 1.82) is 0 Å². The van der Waals surface area contributed by atoms with Crippen molar-refractivity contribution >= 4 is 5.91 Å². The average molecular weight is 214 g/mol. The van der Waals surface area contributed by atoms with Gasteiger partial charge >= 0.3 is 0 Å². The molecule has 88 valence electrons. The van der Waals surface area contributed by atoms with Crippen LogP contribution in [-0.4, -0.2) is 36.2 Å². The van der Waals surface area contributed by atoms with E-state index in [4.69, 9.17) is 10.5 Å². The van der Waals surface area contributed by atoms with Crippen molar-refractivity contribution in [3.8, 4) is 0 Å². The van der Waals surface area contributed by atoms with Crippen LogP contribution >= 0.6 is 0 Å². The predicted octanol–water partition coefficient (Wildman–Crippen LogP) is 0.955. The number of ether oxygens (including phenoxy) is 1. The van der Waals surface area contributed by atoms with Crippen LogP contribution < -0.4 is 5.73 Å². The number of amides is 1. The van der Waals surface area contributed by atoms with E-state index in [1.54, 1.807) is 0 Å². The maximum Gasteiger partial charge on any atom is 0.225 e. The van der Waals surface area contributed by atoms with Gasteiger partial charge in [0.1, 0.15) is 6.23 Å². The molecule has 1 aliphatic rings. The SMILES string of the molecule is CCCC1CN(C(=O)C(C)C)CC(N)O1. The molecule has 0 spiro atoms. The summed E-state index contributed by atoms with van der Waals surface area (Å²) in [5, 5.41) is 0. The van der Waals surface area contributed by atoms with E-state index in [2.05, 4.69) is 6.92 Å². The van der Waals surface area contributed by atoms with E-state index >= 15 is 0 Å². The van der Waals surface area contributed by atoms with Gasteiger partial charge in [-0.2, -0.15) is 0 Å². The highest BCUT2D eigenvalue weighted by Gasteiger charge is 2.28. The van der Waals surface area contributed by atoms with Crippen LogP contribution in [0.3, 0.4) is 0 Å². The van der Waals surface area contributed by atoms with Crippen molar-refractivity contribution in [3.63, 3.8) is 0 Å². The monoisotopic (exact) mass is 214 g/mol. The second-order valence-corrected chi connectivity index (χ2v) is 4.48. The zero-order valence-electron chi connectivity index (χ0n) is 9.90. The standard InChI is InChI=1S/C11H22N2O2/c1-4-5-9-6-13(7-10(12)15-9)11(14)8(2)3/h8-10H,4-7,12H2,1-3H3. The number of hydrogen-bond donors (Lipinski definition) is 1. The smallest absolute Gasteiger partial charge is 0.225 e. The van der Waals surface area contributed by atoms with Gasteiger partial charge < -0.3 is 15.4 Å². The highest BCUT2D eigenvalue weighted by atomic mass is 16.5. The van der Waals surface area contributed by atoms with E-state index in [0.29, 0.717) is 13.1 Å². The molecule has 2 N–H and O–H groups in total. The molecule has 0 aromatic rings. The molecule has 0 bridgehead atoms. The van der Waals surface area contributed by atoms with E-state index in [1.807, 2.05) is 18.7 Å². The van der Waals surface area contributed by atoms with E-state index in [1.165, 1.54) is 0 Å². The molecule has 4 nitrogen and oxygen atoms in total. The molecule has 0 aromatic heterocycles. The molecule has 2 unspecified atom stereocenters. The van der Waals surface area contributed by atoms with Crippen molar-refractivity contribution in [2.75, 3.05) is 13.1 Å². The van der Waals surface area contributed by atoms with Crippen molar-refractivity contribution in [1.82, 2.24) is 4.90 Å². The molecule has 1 saturated heterocycles. The van der Waals surface area contributed by atoms with Gasteiger partial charge in [0.25, 0.3) is 0 Å². The largest absolute Gasteiger partial charge is 0.357 e. The van der Waals surface area contributed by atoms with Gasteiger partial charge in [0, 0.05) is 12.5 Å². The van der Waals surface area contributed by atoms with Crippen LogP contribution in [0.25, 0.3) is 0 Å². The minimum absolute atomic E-state index is 0.0394. The van der Waals surface area contributed by atoms with Gasteiger partial charge in [0.2, 0.25) is 5.91 Å². The lowest BCUT2D eigenvalue weighted by Crippen LogP contribution is -2.54. The first-order valence-electron chi connectivity index (χ1n) is 5.74. The van der Waals surface area contributed by atoms with Crippen LogP contribution in [0.1, 0.15) is 33.6 Å². The van der Waals surface area contributed by atoms with Crippen LogP contribution in [0.2, 0.25) is 0 Å². The number of carbonyl (C=O) groups excluding carboxylic acids is 1. The Kier molecular flexibility index (Phi) is 4.54. The summed E-state index contributed by atoms with van der Waals surface area (Å²) in [5.41, 5.74) is 5.77. The third kappa shape index (κ3) is 3.47. The summed E-state index contributed by atoms with van der Waals surface area (Å²) >= 11 is 0. The summed E-state index contributed by atoms with van der Waals surface area (Å²) in [6.07, 6.45) is 1.82. The Morgan fingerprint density at radius 1 is 1.53 bits per heavy atom. The minimum atomic E-state index is -0.321. The van der Waals surface area contributed by atoms with Crippen LogP contribution in [0, 0.1) is 5.92 Å². The van der Waals surface area contributed by atoms with Gasteiger partial charge in [-0.25, -0.2) is 0 Å². The van der Waals surface area contributed by atoms with Crippen LogP contribution in [0.5, 0.6) is 0 Å². The molecule has 1 fully saturated rings. The fourth-order valence-electron chi connectivity index (χ4n) is 1.90. The molecule has 0 saturated carbocycles. The molecule has 0 aliphatic carbocycles. The normalized spacial score (nSPS) is 27.1. The third-order valence-electron chi connectivity index (χ3n) is 2.61. The molecule has 15 heavy (non-hydrogen) atoms. The van der Waals surface area contributed by atoms with Gasteiger partial charge in [0.15, 0.2) is 0 Å². The zero-order chi connectivity index (χ0) is 11.4. The molecule has 1 aliphatic heterocycles. The molecule has 1 rings (SSSR count). The van der Waals surface area contributed by atoms with Crippen molar-refractivity contribution in [2.24, 2.45) is 11.7 Å². The average Bonchev–Trinajstić information content (AvgIpc) is 2.16. The fraction of sp³-hybridized carbons (Fsp3) is 0.909. The topological polar surface area (TPSA) is 55.6 Å². The van der Waals surface area contributed by atoms with Gasteiger partial charge in [-0.3, -0.25) is 4.79 Å². The first-order chi connectivity index (χ1) is 7.04. The quantitative estimate of drug-likeness (QED) is 0.761. The second-order valence-electron chi connectivity index (χ2n) is 4.48. The number of nitrogens with zero attached hydrogens (tertiary/aromatic N) is 1. The summed E-state index contributed by atoms with van der Waals surface area (Å²) in [5.74, 6) is 0.215.